The van der Waals surface area contributed by atoms with E-state index >= 15 is 0 Å². The number of nitrogens with one attached hydrogen (secondary N) is 1. The summed E-state index contributed by atoms with van der Waals surface area (Å²) >= 11 is 0. The number of hydrogen-bond acceptors (Lipinski definition) is 8. The van der Waals surface area contributed by atoms with Gasteiger partial charge in [-0.1, -0.05) is 84.9 Å². The maximum absolute atomic E-state index is 13.4. The molecule has 46 heavy (non-hydrogen) atoms. The van der Waals surface area contributed by atoms with Gasteiger partial charge in [0.25, 0.3) is 0 Å². The van der Waals surface area contributed by atoms with E-state index in [4.69, 9.17) is 4.74 Å². The molecule has 9 nitrogen and oxygen atoms in total. The molecule has 240 valence electrons. The zero-order valence-corrected chi connectivity index (χ0v) is 24.7. The van der Waals surface area contributed by atoms with Gasteiger partial charge in [0.15, 0.2) is 6.29 Å². The molecule has 0 bridgehead atoms. The summed E-state index contributed by atoms with van der Waals surface area (Å²) in [5.41, 5.74) is 3.40. The van der Waals surface area contributed by atoms with Crippen LogP contribution in [0.25, 0.3) is 11.1 Å². The second-order valence-corrected chi connectivity index (χ2v) is 12.0. The summed E-state index contributed by atoms with van der Waals surface area (Å²) in [6.45, 7) is 0. The number of hydrogen-bond donors (Lipinski definition) is 7. The highest BCUT2D eigenvalue weighted by molar-refractivity contribution is 5.90. The van der Waals surface area contributed by atoms with Crippen molar-refractivity contribution in [2.45, 2.75) is 61.3 Å². The van der Waals surface area contributed by atoms with E-state index in [0.717, 1.165) is 22.3 Å². The van der Waals surface area contributed by atoms with Crippen molar-refractivity contribution >= 4 is 5.91 Å². The van der Waals surface area contributed by atoms with E-state index in [9.17, 15) is 39.8 Å². The van der Waals surface area contributed by atoms with Crippen molar-refractivity contribution < 1.29 is 44.6 Å². The highest BCUT2D eigenvalue weighted by atomic mass is 19.1. The summed E-state index contributed by atoms with van der Waals surface area (Å²) in [4.78, 5) is 13.0. The van der Waals surface area contributed by atoms with Gasteiger partial charge in [0, 0.05) is 0 Å². The molecule has 0 aliphatic carbocycles. The third-order valence-electron chi connectivity index (χ3n) is 9.21. The van der Waals surface area contributed by atoms with E-state index in [2.05, 4.69) is 5.32 Å². The fourth-order valence-corrected chi connectivity index (χ4v) is 6.59. The number of aliphatic hydroxyl groups is 6. The van der Waals surface area contributed by atoms with Crippen LogP contribution in [-0.4, -0.2) is 67.3 Å². The lowest BCUT2D eigenvalue weighted by Crippen LogP contribution is -2.67. The van der Waals surface area contributed by atoms with Crippen LogP contribution in [0.1, 0.15) is 47.3 Å². The van der Waals surface area contributed by atoms with Crippen molar-refractivity contribution in [3.8, 4) is 11.1 Å². The minimum Gasteiger partial charge on any atom is -0.388 e. The van der Waals surface area contributed by atoms with Gasteiger partial charge in [-0.3, -0.25) is 4.79 Å². The molecule has 10 heteroatoms. The van der Waals surface area contributed by atoms with Crippen molar-refractivity contribution in [3.05, 3.63) is 131 Å². The lowest BCUT2D eigenvalue weighted by molar-refractivity contribution is -0.297. The highest BCUT2D eigenvalue weighted by Crippen LogP contribution is 2.47. The van der Waals surface area contributed by atoms with E-state index in [0.29, 0.717) is 24.0 Å². The van der Waals surface area contributed by atoms with Crippen LogP contribution in [0.5, 0.6) is 0 Å². The smallest absolute Gasteiger partial charge is 0.227 e. The van der Waals surface area contributed by atoms with Gasteiger partial charge in [0.05, 0.1) is 12.0 Å². The van der Waals surface area contributed by atoms with E-state index < -0.39 is 54.4 Å². The van der Waals surface area contributed by atoms with E-state index in [1.807, 2.05) is 60.7 Å². The average molecular weight is 630 g/mol. The van der Waals surface area contributed by atoms with Crippen LogP contribution in [-0.2, 0) is 15.1 Å². The molecule has 0 saturated carbocycles. The Morgan fingerprint density at radius 2 is 1.41 bits per heavy atom. The number of carbonyl (C=O) groups is 1. The van der Waals surface area contributed by atoms with Crippen LogP contribution in [0.15, 0.2) is 103 Å². The third kappa shape index (κ3) is 5.85. The summed E-state index contributed by atoms with van der Waals surface area (Å²) in [5.74, 6) is -0.988. The molecule has 1 amide bonds. The van der Waals surface area contributed by atoms with Crippen LogP contribution in [0.3, 0.4) is 0 Å². The first-order chi connectivity index (χ1) is 22.1. The van der Waals surface area contributed by atoms with Gasteiger partial charge in [-0.05, 0) is 64.4 Å². The maximum atomic E-state index is 13.4. The predicted molar refractivity (Wildman–Crippen MR) is 165 cm³/mol. The lowest BCUT2D eigenvalue weighted by Gasteiger charge is -2.50. The van der Waals surface area contributed by atoms with Crippen molar-refractivity contribution in [1.82, 2.24) is 5.32 Å². The molecule has 2 aliphatic heterocycles. The van der Waals surface area contributed by atoms with Crippen LogP contribution >= 0.6 is 0 Å². The maximum Gasteiger partial charge on any atom is 0.227 e. The number of benzene rings is 4. The second kappa shape index (κ2) is 13.0. The Morgan fingerprint density at radius 3 is 2.09 bits per heavy atom. The lowest BCUT2D eigenvalue weighted by atomic mass is 9.64. The van der Waals surface area contributed by atoms with Crippen LogP contribution in [0.2, 0.25) is 0 Å². The minimum absolute atomic E-state index is 0.129. The molecule has 9 atom stereocenters. The number of halogens is 1. The Morgan fingerprint density at radius 1 is 0.739 bits per heavy atom. The Hall–Kier alpha value is -4.00. The van der Waals surface area contributed by atoms with Crippen LogP contribution < -0.4 is 5.32 Å². The van der Waals surface area contributed by atoms with Gasteiger partial charge in [-0.2, -0.15) is 0 Å². The average Bonchev–Trinajstić information content (AvgIpc) is 3.08. The Kier molecular flexibility index (Phi) is 9.04. The number of aliphatic hydroxyl groups excluding tert-OH is 6. The normalized spacial score (nSPS) is 29.0. The van der Waals surface area contributed by atoms with Crippen LogP contribution in [0, 0.1) is 11.7 Å². The molecule has 2 saturated heterocycles. The molecule has 4 aromatic carbocycles. The zero-order chi connectivity index (χ0) is 32.6. The number of rotatable bonds is 9. The van der Waals surface area contributed by atoms with Crippen molar-refractivity contribution in [2.24, 2.45) is 5.92 Å². The molecular formula is C36H36FNO8. The topological polar surface area (TPSA) is 160 Å². The van der Waals surface area contributed by atoms with Gasteiger partial charge in [0.1, 0.15) is 41.9 Å². The largest absolute Gasteiger partial charge is 0.388 e. The molecule has 0 aromatic heterocycles. The SMILES string of the molecule is O=C1N[C@@](c2ccccc2)(c2ccc(-c3cccc([C@@H](O)[C@H]4OC(O)[C@H](O)[C@@H](O)[C@@H]4O)c3)cc2)[C@H]1CC[C@H](O)c1ccc(F)cc1. The first kappa shape index (κ1) is 32.0. The van der Waals surface area contributed by atoms with Gasteiger partial charge in [-0.15, -0.1) is 0 Å². The monoisotopic (exact) mass is 629 g/mol. The third-order valence-corrected chi connectivity index (χ3v) is 9.21. The Bertz CT molecular complexity index is 1650. The molecule has 7 N–H and O–H groups in total. The molecular weight excluding hydrogens is 593 g/mol. The van der Waals surface area contributed by atoms with Gasteiger partial charge in [0.2, 0.25) is 5.91 Å². The molecule has 0 radical (unpaired) electrons. The summed E-state index contributed by atoms with van der Waals surface area (Å²) < 4.78 is 18.6. The van der Waals surface area contributed by atoms with Crippen molar-refractivity contribution in [1.29, 1.82) is 0 Å². The summed E-state index contributed by atoms with van der Waals surface area (Å²) in [5, 5.41) is 65.1. The zero-order valence-electron chi connectivity index (χ0n) is 24.7. The summed E-state index contributed by atoms with van der Waals surface area (Å²) in [7, 11) is 0. The van der Waals surface area contributed by atoms with Gasteiger partial charge < -0.3 is 40.7 Å². The number of amides is 1. The molecule has 1 unspecified atom stereocenters. The van der Waals surface area contributed by atoms with E-state index in [-0.39, 0.29) is 11.7 Å². The van der Waals surface area contributed by atoms with Gasteiger partial charge in [-0.25, -0.2) is 4.39 Å². The molecule has 0 spiro atoms. The number of ether oxygens (including phenoxy) is 1. The minimum atomic E-state index is -1.77. The standard InChI is InChI=1S/C36H36FNO8/c37-26-15-11-21(12-16-26)28(39)18-17-27-34(44)38-36(27,24-7-2-1-3-8-24)25-13-9-20(10-14-25)22-5-4-6-23(19-22)29(40)33-31(42)30(41)32(43)35(45)46-33/h1-16,19,27-33,35,39-43,45H,17-18H2,(H,38,44)/t27-,28-,29+,30-,31-,32+,33+,35?,36-/m0/s1. The molecule has 4 aromatic rings. The second-order valence-electron chi connectivity index (χ2n) is 12.0. The number of β-lactam (4-membered cyclic amide) rings is 1. The summed E-state index contributed by atoms with van der Waals surface area (Å²) in [6.07, 6.45) is -9.76. The molecule has 2 heterocycles. The molecule has 6 rings (SSSR count). The fraction of sp³-hybridized carbons (Fsp3) is 0.306. The Balaban J connectivity index is 1.25. The van der Waals surface area contributed by atoms with Gasteiger partial charge >= 0.3 is 0 Å². The first-order valence-corrected chi connectivity index (χ1v) is 15.2. The molecule has 2 aliphatic rings. The van der Waals surface area contributed by atoms with Crippen LogP contribution in [0.4, 0.5) is 4.39 Å². The first-order valence-electron chi connectivity index (χ1n) is 15.2. The fourth-order valence-electron chi connectivity index (χ4n) is 6.59. The highest BCUT2D eigenvalue weighted by Gasteiger charge is 2.55. The number of carbonyl (C=O) groups excluding carboxylic acids is 1. The van der Waals surface area contributed by atoms with E-state index in [1.54, 1.807) is 30.3 Å². The quantitative estimate of drug-likeness (QED) is 0.139. The molecule has 2 fully saturated rings. The van der Waals surface area contributed by atoms with E-state index in [1.165, 1.54) is 12.1 Å². The Labute approximate surface area is 265 Å². The predicted octanol–water partition coefficient (Wildman–Crippen LogP) is 2.83. The van der Waals surface area contributed by atoms with Crippen molar-refractivity contribution in [2.75, 3.05) is 0 Å². The summed E-state index contributed by atoms with van der Waals surface area (Å²) in [6, 6.07) is 29.8. The van der Waals surface area contributed by atoms with Crippen molar-refractivity contribution in [3.63, 3.8) is 0 Å².